The van der Waals surface area contributed by atoms with Gasteiger partial charge in [0.05, 0.1) is 0 Å². The molecule has 0 fully saturated rings. The van der Waals surface area contributed by atoms with Gasteiger partial charge in [-0.05, 0) is 35.7 Å². The summed E-state index contributed by atoms with van der Waals surface area (Å²) in [4.78, 5) is 4.16. The van der Waals surface area contributed by atoms with Gasteiger partial charge in [-0.3, -0.25) is 4.98 Å². The molecule has 0 bridgehead atoms. The Balaban J connectivity index is 2.15. The molecule has 1 aromatic heterocycles. The molecule has 0 amide bonds. The van der Waals surface area contributed by atoms with Gasteiger partial charge in [0, 0.05) is 30.2 Å². The minimum atomic E-state index is 0.984. The molecule has 0 aliphatic carbocycles. The molecule has 2 heteroatoms. The molecule has 0 saturated heterocycles. The first-order valence-corrected chi connectivity index (χ1v) is 5.13. The summed E-state index contributed by atoms with van der Waals surface area (Å²) < 4.78 is 0. The molecule has 0 unspecified atom stereocenters. The lowest BCUT2D eigenvalue weighted by Crippen LogP contribution is -2.08. The average Bonchev–Trinajstić information content (AvgIpc) is 2.27. The highest BCUT2D eigenvalue weighted by Gasteiger charge is 2.15. The van der Waals surface area contributed by atoms with Crippen molar-refractivity contribution in [3.05, 3.63) is 53.3 Å². The topological polar surface area (TPSA) is 24.9 Å². The van der Waals surface area contributed by atoms with E-state index in [1.807, 2.05) is 18.5 Å². The highest BCUT2D eigenvalue weighted by atomic mass is 14.9. The van der Waals surface area contributed by atoms with E-state index in [0.717, 1.165) is 6.42 Å². The number of aryl methyl sites for hydroxylation is 1. The maximum atomic E-state index is 4.16. The van der Waals surface area contributed by atoms with Crippen LogP contribution in [0.1, 0.15) is 16.7 Å². The van der Waals surface area contributed by atoms with Crippen molar-refractivity contribution in [3.8, 4) is 0 Å². The monoisotopic (exact) mass is 196 g/mol. The van der Waals surface area contributed by atoms with Crippen molar-refractivity contribution in [3.63, 3.8) is 0 Å². The minimum absolute atomic E-state index is 0.984. The number of nitrogens with zero attached hydrogens (tertiary/aromatic N) is 1. The van der Waals surface area contributed by atoms with Crippen LogP contribution in [0.2, 0.25) is 0 Å². The molecule has 1 aliphatic rings. The first kappa shape index (κ1) is 8.48. The van der Waals surface area contributed by atoms with Crippen LogP contribution in [0.25, 0.3) is 0 Å². The fourth-order valence-corrected chi connectivity index (χ4v) is 2.08. The fourth-order valence-electron chi connectivity index (χ4n) is 2.08. The lowest BCUT2D eigenvalue weighted by molar-refractivity contribution is 1.10. The van der Waals surface area contributed by atoms with Crippen LogP contribution < -0.4 is 5.32 Å². The second-order valence-corrected chi connectivity index (χ2v) is 3.94. The van der Waals surface area contributed by atoms with E-state index in [9.17, 15) is 0 Å². The average molecular weight is 196 g/mol. The molecule has 3 rings (SSSR count). The van der Waals surface area contributed by atoms with Gasteiger partial charge in [-0.15, -0.1) is 0 Å². The number of rotatable bonds is 0. The largest absolute Gasteiger partial charge is 0.355 e. The molecule has 2 heterocycles. The predicted octanol–water partition coefficient (Wildman–Crippen LogP) is 3.04. The van der Waals surface area contributed by atoms with Crippen LogP contribution in [-0.2, 0) is 6.42 Å². The second-order valence-electron chi connectivity index (χ2n) is 3.94. The zero-order valence-electron chi connectivity index (χ0n) is 8.62. The Labute approximate surface area is 89.0 Å². The molecule has 15 heavy (non-hydrogen) atoms. The van der Waals surface area contributed by atoms with Gasteiger partial charge in [0.15, 0.2) is 0 Å². The van der Waals surface area contributed by atoms with E-state index in [4.69, 9.17) is 0 Å². The molecular formula is C13H12N2. The summed E-state index contributed by atoms with van der Waals surface area (Å²) >= 11 is 0. The van der Waals surface area contributed by atoms with Gasteiger partial charge < -0.3 is 5.32 Å². The van der Waals surface area contributed by atoms with Crippen molar-refractivity contribution in [2.45, 2.75) is 13.3 Å². The highest BCUT2D eigenvalue weighted by molar-refractivity contribution is 5.72. The third-order valence-corrected chi connectivity index (χ3v) is 2.95. The van der Waals surface area contributed by atoms with Crippen LogP contribution in [0, 0.1) is 6.92 Å². The van der Waals surface area contributed by atoms with Crippen LogP contribution in [0.3, 0.4) is 0 Å². The first-order valence-electron chi connectivity index (χ1n) is 5.13. The Bertz CT molecular complexity index is 518. The lowest BCUT2D eigenvalue weighted by atomic mass is 9.95. The van der Waals surface area contributed by atoms with E-state index in [-0.39, 0.29) is 0 Å². The van der Waals surface area contributed by atoms with E-state index in [0.29, 0.717) is 0 Å². The quantitative estimate of drug-likeness (QED) is 0.597. The molecule has 0 radical (unpaired) electrons. The van der Waals surface area contributed by atoms with E-state index < -0.39 is 0 Å². The molecular weight excluding hydrogens is 184 g/mol. The summed E-state index contributed by atoms with van der Waals surface area (Å²) in [5, 5.41) is 3.44. The predicted molar refractivity (Wildman–Crippen MR) is 61.5 cm³/mol. The van der Waals surface area contributed by atoms with E-state index in [1.54, 1.807) is 0 Å². The van der Waals surface area contributed by atoms with Gasteiger partial charge in [-0.2, -0.15) is 0 Å². The maximum Gasteiger partial charge on any atom is 0.0451 e. The molecule has 0 atom stereocenters. The van der Waals surface area contributed by atoms with Crippen molar-refractivity contribution in [1.29, 1.82) is 0 Å². The van der Waals surface area contributed by atoms with E-state index >= 15 is 0 Å². The normalized spacial score (nSPS) is 12.6. The van der Waals surface area contributed by atoms with Crippen LogP contribution in [0.4, 0.5) is 11.4 Å². The number of pyridine rings is 1. The molecule has 2 aromatic rings. The number of nitrogens with one attached hydrogen (secondary N) is 1. The van der Waals surface area contributed by atoms with Crippen LogP contribution in [0.15, 0.2) is 36.7 Å². The molecule has 2 nitrogen and oxygen atoms in total. The van der Waals surface area contributed by atoms with E-state index in [2.05, 4.69) is 35.4 Å². The third kappa shape index (κ3) is 1.30. The standard InChI is InChI=1S/C13H12N2/c1-9-3-2-4-13-11(9)7-10-8-14-6-5-12(10)15-13/h2-6,8,15H,7H2,1H3. The summed E-state index contributed by atoms with van der Waals surface area (Å²) in [6, 6.07) is 8.40. The smallest absolute Gasteiger partial charge is 0.0451 e. The summed E-state index contributed by atoms with van der Waals surface area (Å²) in [5.41, 5.74) is 6.42. The summed E-state index contributed by atoms with van der Waals surface area (Å²) in [6.07, 6.45) is 4.75. The van der Waals surface area contributed by atoms with Gasteiger partial charge >= 0.3 is 0 Å². The van der Waals surface area contributed by atoms with Gasteiger partial charge in [0.2, 0.25) is 0 Å². The molecule has 1 N–H and O–H groups in total. The molecule has 0 saturated carbocycles. The number of hydrogen-bond acceptors (Lipinski definition) is 2. The zero-order chi connectivity index (χ0) is 10.3. The first-order chi connectivity index (χ1) is 7.34. The van der Waals surface area contributed by atoms with Gasteiger partial charge in [-0.1, -0.05) is 12.1 Å². The van der Waals surface area contributed by atoms with Crippen molar-refractivity contribution >= 4 is 11.4 Å². The lowest BCUT2D eigenvalue weighted by Gasteiger charge is -2.22. The van der Waals surface area contributed by atoms with E-state index in [1.165, 1.54) is 28.1 Å². The van der Waals surface area contributed by atoms with Crippen molar-refractivity contribution in [2.75, 3.05) is 5.32 Å². The second kappa shape index (κ2) is 3.09. The maximum absolute atomic E-state index is 4.16. The van der Waals surface area contributed by atoms with Crippen molar-refractivity contribution in [1.82, 2.24) is 4.98 Å². The van der Waals surface area contributed by atoms with Crippen LogP contribution in [-0.4, -0.2) is 4.98 Å². The number of benzene rings is 1. The van der Waals surface area contributed by atoms with Gasteiger partial charge in [-0.25, -0.2) is 0 Å². The van der Waals surface area contributed by atoms with Crippen LogP contribution in [0.5, 0.6) is 0 Å². The summed E-state index contributed by atoms with van der Waals surface area (Å²) in [7, 11) is 0. The minimum Gasteiger partial charge on any atom is -0.355 e. The molecule has 1 aliphatic heterocycles. The summed E-state index contributed by atoms with van der Waals surface area (Å²) in [5.74, 6) is 0. The Hall–Kier alpha value is -1.83. The number of anilines is 2. The van der Waals surface area contributed by atoms with Crippen molar-refractivity contribution < 1.29 is 0 Å². The number of aromatic nitrogens is 1. The third-order valence-electron chi connectivity index (χ3n) is 2.95. The fraction of sp³-hybridized carbons (Fsp3) is 0.154. The number of hydrogen-bond donors (Lipinski definition) is 1. The van der Waals surface area contributed by atoms with Gasteiger partial charge in [0.25, 0.3) is 0 Å². The Morgan fingerprint density at radius 1 is 1.20 bits per heavy atom. The Kier molecular flexibility index (Phi) is 1.75. The molecule has 1 aromatic carbocycles. The zero-order valence-corrected chi connectivity index (χ0v) is 8.62. The Morgan fingerprint density at radius 2 is 2.13 bits per heavy atom. The SMILES string of the molecule is Cc1cccc2c1Cc1cnccc1N2. The Morgan fingerprint density at radius 3 is 3.07 bits per heavy atom. The van der Waals surface area contributed by atoms with Crippen molar-refractivity contribution in [2.24, 2.45) is 0 Å². The molecule has 0 spiro atoms. The summed E-state index contributed by atoms with van der Waals surface area (Å²) in [6.45, 7) is 2.15. The van der Waals surface area contributed by atoms with Crippen LogP contribution >= 0.6 is 0 Å². The molecule has 74 valence electrons. The van der Waals surface area contributed by atoms with Gasteiger partial charge in [0.1, 0.15) is 0 Å². The highest BCUT2D eigenvalue weighted by Crippen LogP contribution is 2.33. The number of fused-ring (bicyclic) bond motifs is 2.